The largest absolute Gasteiger partial charge is 0.324 e. The lowest BCUT2D eigenvalue weighted by Crippen LogP contribution is -2.09. The fourth-order valence-corrected chi connectivity index (χ4v) is 3.98. The van der Waals surface area contributed by atoms with E-state index in [0.29, 0.717) is 18.8 Å². The molecule has 0 atom stereocenters. The molecule has 0 unspecified atom stereocenters. The van der Waals surface area contributed by atoms with Crippen LogP contribution in [0, 0.1) is 13.8 Å². The first-order chi connectivity index (χ1) is 15.1. The van der Waals surface area contributed by atoms with Gasteiger partial charge in [-0.1, -0.05) is 65.7 Å². The fraction of sp³-hybridized carbons (Fsp3) is 0.192. The molecular weight excluding hydrogens is 400 g/mol. The molecular formula is C26H26N4S. The highest BCUT2D eigenvalue weighted by atomic mass is 32.2. The van der Waals surface area contributed by atoms with Crippen molar-refractivity contribution in [3.63, 3.8) is 0 Å². The molecule has 1 N–H and O–H groups in total. The normalized spacial score (nSPS) is 10.8. The lowest BCUT2D eigenvalue weighted by atomic mass is 10.1. The molecule has 0 aliphatic rings. The van der Waals surface area contributed by atoms with Crippen LogP contribution in [-0.4, -0.2) is 21.2 Å². The van der Waals surface area contributed by atoms with Gasteiger partial charge in [0.25, 0.3) is 0 Å². The summed E-state index contributed by atoms with van der Waals surface area (Å²) < 4.78 is 0. The van der Waals surface area contributed by atoms with E-state index >= 15 is 0 Å². The summed E-state index contributed by atoms with van der Waals surface area (Å²) in [5.41, 5.74) is 5.84. The molecule has 4 nitrogen and oxygen atoms in total. The predicted octanol–water partition coefficient (Wildman–Crippen LogP) is 6.14. The van der Waals surface area contributed by atoms with Gasteiger partial charge in [-0.05, 0) is 49.4 Å². The van der Waals surface area contributed by atoms with Gasteiger partial charge in [0.1, 0.15) is 11.6 Å². The van der Waals surface area contributed by atoms with Crippen molar-refractivity contribution in [1.82, 2.24) is 15.0 Å². The van der Waals surface area contributed by atoms with Crippen LogP contribution in [0.25, 0.3) is 0 Å². The van der Waals surface area contributed by atoms with Crippen molar-refractivity contribution >= 4 is 23.4 Å². The zero-order chi connectivity index (χ0) is 21.6. The fourth-order valence-electron chi connectivity index (χ4n) is 3.52. The Labute approximate surface area is 188 Å². The first-order valence-corrected chi connectivity index (χ1v) is 11.6. The lowest BCUT2D eigenvalue weighted by Gasteiger charge is -2.11. The maximum atomic E-state index is 4.79. The molecule has 0 spiro atoms. The second-order valence-corrected chi connectivity index (χ2v) is 8.56. The van der Waals surface area contributed by atoms with E-state index in [-0.39, 0.29) is 0 Å². The molecule has 5 heteroatoms. The molecule has 4 aromatic rings. The van der Waals surface area contributed by atoms with Crippen molar-refractivity contribution in [2.45, 2.75) is 31.6 Å². The number of benzene rings is 3. The first kappa shape index (κ1) is 21.1. The Morgan fingerprint density at radius 3 is 1.84 bits per heavy atom. The van der Waals surface area contributed by atoms with E-state index in [9.17, 15) is 0 Å². The third-order valence-corrected chi connectivity index (χ3v) is 5.67. The van der Waals surface area contributed by atoms with Crippen molar-refractivity contribution in [3.8, 4) is 0 Å². The van der Waals surface area contributed by atoms with Gasteiger partial charge < -0.3 is 5.32 Å². The summed E-state index contributed by atoms with van der Waals surface area (Å²) in [7, 11) is 0. The highest BCUT2D eigenvalue weighted by Crippen LogP contribution is 2.22. The van der Waals surface area contributed by atoms with E-state index in [1.54, 1.807) is 11.8 Å². The quantitative estimate of drug-likeness (QED) is 0.360. The van der Waals surface area contributed by atoms with Crippen molar-refractivity contribution < 1.29 is 0 Å². The Balaban J connectivity index is 1.66. The third kappa shape index (κ3) is 5.92. The molecule has 0 fully saturated rings. The Morgan fingerprint density at radius 1 is 0.710 bits per heavy atom. The van der Waals surface area contributed by atoms with Gasteiger partial charge in [0.05, 0.1) is 0 Å². The molecule has 4 rings (SSSR count). The molecule has 1 aromatic heterocycles. The number of aromatic nitrogens is 3. The summed E-state index contributed by atoms with van der Waals surface area (Å²) in [6, 6.07) is 25.2. The maximum absolute atomic E-state index is 4.79. The maximum Gasteiger partial charge on any atom is 0.230 e. The van der Waals surface area contributed by atoms with Crippen LogP contribution in [-0.2, 0) is 12.8 Å². The van der Waals surface area contributed by atoms with Gasteiger partial charge in [-0.2, -0.15) is 9.97 Å². The summed E-state index contributed by atoms with van der Waals surface area (Å²) in [6.07, 6.45) is 3.41. The zero-order valence-corrected chi connectivity index (χ0v) is 18.9. The molecule has 0 radical (unpaired) electrons. The summed E-state index contributed by atoms with van der Waals surface area (Å²) in [6.45, 7) is 4.21. The van der Waals surface area contributed by atoms with E-state index in [4.69, 9.17) is 15.0 Å². The highest BCUT2D eigenvalue weighted by molar-refractivity contribution is 7.98. The minimum Gasteiger partial charge on any atom is -0.324 e. The Morgan fingerprint density at radius 2 is 1.29 bits per heavy atom. The highest BCUT2D eigenvalue weighted by Gasteiger charge is 2.10. The minimum atomic E-state index is 0.582. The smallest absolute Gasteiger partial charge is 0.230 e. The average Bonchev–Trinajstić information content (AvgIpc) is 2.74. The van der Waals surface area contributed by atoms with Gasteiger partial charge in [0.15, 0.2) is 0 Å². The van der Waals surface area contributed by atoms with Gasteiger partial charge in [-0.15, -0.1) is 11.8 Å². The van der Waals surface area contributed by atoms with Gasteiger partial charge in [0, 0.05) is 23.4 Å². The lowest BCUT2D eigenvalue weighted by molar-refractivity contribution is 0.855. The van der Waals surface area contributed by atoms with Crippen LogP contribution in [0.15, 0.2) is 77.7 Å². The van der Waals surface area contributed by atoms with Crippen LogP contribution in [0.2, 0.25) is 0 Å². The van der Waals surface area contributed by atoms with Crippen LogP contribution in [0.4, 0.5) is 11.6 Å². The number of rotatable bonds is 7. The van der Waals surface area contributed by atoms with Gasteiger partial charge >= 0.3 is 0 Å². The van der Waals surface area contributed by atoms with Gasteiger partial charge in [0.2, 0.25) is 5.95 Å². The summed E-state index contributed by atoms with van der Waals surface area (Å²) in [5, 5.41) is 3.38. The van der Waals surface area contributed by atoms with Crippen molar-refractivity contribution in [1.29, 1.82) is 0 Å². The molecule has 0 amide bonds. The summed E-state index contributed by atoms with van der Waals surface area (Å²) in [4.78, 5) is 15.4. The number of thioether (sulfide) groups is 1. The average molecular weight is 427 g/mol. The van der Waals surface area contributed by atoms with Crippen molar-refractivity contribution in [3.05, 3.63) is 107 Å². The topological polar surface area (TPSA) is 50.7 Å². The minimum absolute atomic E-state index is 0.582. The second kappa shape index (κ2) is 9.75. The Kier molecular flexibility index (Phi) is 6.63. The van der Waals surface area contributed by atoms with Gasteiger partial charge in [-0.25, -0.2) is 4.98 Å². The van der Waals surface area contributed by atoms with Crippen LogP contribution >= 0.6 is 11.8 Å². The van der Waals surface area contributed by atoms with E-state index in [1.165, 1.54) is 27.1 Å². The van der Waals surface area contributed by atoms with Crippen LogP contribution in [0.1, 0.15) is 33.9 Å². The number of hydrogen-bond acceptors (Lipinski definition) is 5. The molecule has 156 valence electrons. The molecule has 0 saturated heterocycles. The molecule has 0 aliphatic carbocycles. The van der Waals surface area contributed by atoms with E-state index < -0.39 is 0 Å². The van der Waals surface area contributed by atoms with Crippen LogP contribution < -0.4 is 5.32 Å². The number of nitrogens with zero attached hydrogens (tertiary/aromatic N) is 3. The number of aryl methyl sites for hydroxylation is 2. The summed E-state index contributed by atoms with van der Waals surface area (Å²) in [5.74, 6) is 2.12. The van der Waals surface area contributed by atoms with Crippen LogP contribution in [0.5, 0.6) is 0 Å². The molecule has 3 aromatic carbocycles. The molecule has 0 bridgehead atoms. The predicted molar refractivity (Wildman–Crippen MR) is 129 cm³/mol. The SMILES string of the molecule is CSc1cccc(Nc2nc(Cc3cccc(C)c3)nc(Cc3cccc(C)c3)n2)c1. The number of nitrogens with one attached hydrogen (secondary N) is 1. The summed E-state index contributed by atoms with van der Waals surface area (Å²) >= 11 is 1.71. The number of anilines is 2. The molecule has 0 aliphatic heterocycles. The first-order valence-electron chi connectivity index (χ1n) is 10.3. The zero-order valence-electron chi connectivity index (χ0n) is 18.1. The van der Waals surface area contributed by atoms with Crippen LogP contribution in [0.3, 0.4) is 0 Å². The molecule has 31 heavy (non-hydrogen) atoms. The van der Waals surface area contributed by atoms with E-state index in [2.05, 4.69) is 86.1 Å². The monoisotopic (exact) mass is 426 g/mol. The Bertz CT molecular complexity index is 1120. The van der Waals surface area contributed by atoms with Crippen molar-refractivity contribution in [2.24, 2.45) is 0 Å². The Hall–Kier alpha value is -3.18. The third-order valence-electron chi connectivity index (χ3n) is 4.94. The van der Waals surface area contributed by atoms with E-state index in [0.717, 1.165) is 17.3 Å². The standard InChI is InChI=1S/C26H26N4S/c1-18-7-4-9-20(13-18)15-24-28-25(16-21-10-5-8-19(2)14-21)30-26(29-24)27-22-11-6-12-23(17-22)31-3/h4-14,17H,15-16H2,1-3H3,(H,27,28,29,30). The van der Waals surface area contributed by atoms with E-state index in [1.807, 2.05) is 12.1 Å². The molecule has 0 saturated carbocycles. The second-order valence-electron chi connectivity index (χ2n) is 7.68. The van der Waals surface area contributed by atoms with Crippen molar-refractivity contribution in [2.75, 3.05) is 11.6 Å². The number of hydrogen-bond donors (Lipinski definition) is 1. The van der Waals surface area contributed by atoms with Gasteiger partial charge in [-0.3, -0.25) is 0 Å². The molecule has 1 heterocycles.